The van der Waals surface area contributed by atoms with E-state index in [1.807, 2.05) is 31.2 Å². The third kappa shape index (κ3) is 7.13. The maximum atomic E-state index is 11.7. The summed E-state index contributed by atoms with van der Waals surface area (Å²) in [6, 6.07) is 7.95. The molecule has 0 aromatic heterocycles. The number of rotatable bonds is 9. The largest absolute Gasteiger partial charge is 0.494 e. The highest BCUT2D eigenvalue weighted by Gasteiger charge is 2.28. The molecule has 1 aliphatic rings. The van der Waals surface area contributed by atoms with E-state index in [1.54, 1.807) is 0 Å². The van der Waals surface area contributed by atoms with Crippen molar-refractivity contribution in [3.63, 3.8) is 0 Å². The highest BCUT2D eigenvalue weighted by atomic mass is 32.2. The van der Waals surface area contributed by atoms with Crippen molar-refractivity contribution in [3.8, 4) is 5.75 Å². The number of sulfone groups is 1. The van der Waals surface area contributed by atoms with E-state index in [9.17, 15) is 13.2 Å². The van der Waals surface area contributed by atoms with Crippen LogP contribution in [-0.2, 0) is 14.6 Å². The Bertz CT molecular complexity index is 628. The number of carbonyl (C=O) groups excluding carboxylic acids is 1. The maximum absolute atomic E-state index is 11.7. The molecule has 0 saturated carbocycles. The summed E-state index contributed by atoms with van der Waals surface area (Å²) in [5.41, 5.74) is 1.21. The van der Waals surface area contributed by atoms with Gasteiger partial charge in [0, 0.05) is 11.8 Å². The van der Waals surface area contributed by atoms with E-state index in [0.29, 0.717) is 25.3 Å². The fraction of sp³-hybridized carbons (Fsp3) is 0.588. The van der Waals surface area contributed by atoms with Gasteiger partial charge in [-0.2, -0.15) is 0 Å². The van der Waals surface area contributed by atoms with E-state index in [-0.39, 0.29) is 22.7 Å². The molecule has 0 spiro atoms. The average Bonchev–Trinajstić information content (AvgIpc) is 2.89. The first-order valence-corrected chi connectivity index (χ1v) is 11.1. The van der Waals surface area contributed by atoms with Gasteiger partial charge in [0.1, 0.15) is 5.75 Å². The summed E-state index contributed by atoms with van der Waals surface area (Å²) in [5.74, 6) is 1.64. The van der Waals surface area contributed by atoms with E-state index in [4.69, 9.17) is 4.74 Å². The van der Waals surface area contributed by atoms with Gasteiger partial charge in [0.2, 0.25) is 5.91 Å². The lowest BCUT2D eigenvalue weighted by Crippen LogP contribution is -2.27. The number of benzene rings is 1. The second-order valence-corrected chi connectivity index (χ2v) is 9.57. The Morgan fingerprint density at radius 2 is 2.04 bits per heavy atom. The zero-order valence-electron chi connectivity index (χ0n) is 14.0. The van der Waals surface area contributed by atoms with Crippen LogP contribution in [0.5, 0.6) is 5.75 Å². The first kappa shape index (κ1) is 19.1. The number of aryl methyl sites for hydroxylation is 1. The minimum Gasteiger partial charge on any atom is -0.494 e. The standard InChI is InChI=1S/C17H25NO4S2/c1-14-4-6-15(7-5-14)22-10-3-2-9-18-17(19)12-23-16-8-11-24(20,21)13-16/h4-7,16H,2-3,8-13H2,1H3,(H,18,19). The van der Waals surface area contributed by atoms with Crippen LogP contribution in [0, 0.1) is 6.92 Å². The number of carbonyl (C=O) groups is 1. The average molecular weight is 372 g/mol. The molecule has 1 aromatic carbocycles. The van der Waals surface area contributed by atoms with Crippen molar-refractivity contribution >= 4 is 27.5 Å². The molecular weight excluding hydrogens is 346 g/mol. The SMILES string of the molecule is Cc1ccc(OCCCCNC(=O)CSC2CCS(=O)(=O)C2)cc1. The number of hydrogen-bond donors (Lipinski definition) is 1. The van der Waals surface area contributed by atoms with Crippen LogP contribution < -0.4 is 10.1 Å². The maximum Gasteiger partial charge on any atom is 0.230 e. The van der Waals surface area contributed by atoms with Crippen LogP contribution in [0.3, 0.4) is 0 Å². The van der Waals surface area contributed by atoms with Gasteiger partial charge in [-0.25, -0.2) is 8.42 Å². The molecular formula is C17H25NO4S2. The zero-order chi connectivity index (χ0) is 17.4. The predicted molar refractivity (Wildman–Crippen MR) is 98.4 cm³/mol. The molecule has 0 radical (unpaired) electrons. The molecule has 7 heteroatoms. The summed E-state index contributed by atoms with van der Waals surface area (Å²) in [7, 11) is -2.86. The first-order chi connectivity index (χ1) is 11.4. The normalized spacial score (nSPS) is 19.1. The molecule has 0 bridgehead atoms. The van der Waals surface area contributed by atoms with Crippen molar-refractivity contribution in [3.05, 3.63) is 29.8 Å². The Balaban J connectivity index is 1.48. The second kappa shape index (κ2) is 9.32. The van der Waals surface area contributed by atoms with Gasteiger partial charge in [-0.1, -0.05) is 17.7 Å². The van der Waals surface area contributed by atoms with Crippen molar-refractivity contribution in [1.82, 2.24) is 5.32 Å². The molecule has 1 unspecified atom stereocenters. The van der Waals surface area contributed by atoms with Gasteiger partial charge in [0.05, 0.1) is 23.9 Å². The third-order valence-electron chi connectivity index (χ3n) is 3.82. The van der Waals surface area contributed by atoms with Gasteiger partial charge in [-0.15, -0.1) is 11.8 Å². The number of unbranched alkanes of at least 4 members (excludes halogenated alkanes) is 1. The Morgan fingerprint density at radius 1 is 1.29 bits per heavy atom. The molecule has 1 atom stereocenters. The minimum atomic E-state index is -2.86. The summed E-state index contributed by atoms with van der Waals surface area (Å²) < 4.78 is 28.3. The van der Waals surface area contributed by atoms with Crippen molar-refractivity contribution < 1.29 is 17.9 Å². The Kier molecular flexibility index (Phi) is 7.42. The number of hydrogen-bond acceptors (Lipinski definition) is 5. The van der Waals surface area contributed by atoms with Crippen molar-refractivity contribution in [2.75, 3.05) is 30.4 Å². The lowest BCUT2D eigenvalue weighted by molar-refractivity contribution is -0.118. The quantitative estimate of drug-likeness (QED) is 0.674. The van der Waals surface area contributed by atoms with E-state index >= 15 is 0 Å². The Hall–Kier alpha value is -1.21. The molecule has 1 fully saturated rings. The van der Waals surface area contributed by atoms with E-state index in [0.717, 1.165) is 18.6 Å². The summed E-state index contributed by atoms with van der Waals surface area (Å²) >= 11 is 1.45. The van der Waals surface area contributed by atoms with Gasteiger partial charge in [0.25, 0.3) is 0 Å². The van der Waals surface area contributed by atoms with E-state index in [1.165, 1.54) is 17.3 Å². The van der Waals surface area contributed by atoms with Gasteiger partial charge in [0.15, 0.2) is 9.84 Å². The van der Waals surface area contributed by atoms with Crippen LogP contribution in [0.25, 0.3) is 0 Å². The first-order valence-electron chi connectivity index (χ1n) is 8.23. The summed E-state index contributed by atoms with van der Waals surface area (Å²) in [6.45, 7) is 3.30. The lowest BCUT2D eigenvalue weighted by atomic mass is 10.2. The van der Waals surface area contributed by atoms with Crippen LogP contribution in [0.15, 0.2) is 24.3 Å². The van der Waals surface area contributed by atoms with Crippen LogP contribution >= 0.6 is 11.8 Å². The Morgan fingerprint density at radius 3 is 2.71 bits per heavy atom. The van der Waals surface area contributed by atoms with Gasteiger partial charge < -0.3 is 10.1 Å². The minimum absolute atomic E-state index is 0.0243. The number of thioether (sulfide) groups is 1. The summed E-state index contributed by atoms with van der Waals surface area (Å²) in [6.07, 6.45) is 2.40. The molecule has 134 valence electrons. The van der Waals surface area contributed by atoms with E-state index in [2.05, 4.69) is 5.32 Å². The lowest BCUT2D eigenvalue weighted by Gasteiger charge is -2.09. The van der Waals surface area contributed by atoms with Crippen LogP contribution in [0.2, 0.25) is 0 Å². The van der Waals surface area contributed by atoms with Gasteiger partial charge in [-0.05, 0) is 38.3 Å². The molecule has 1 amide bonds. The van der Waals surface area contributed by atoms with Gasteiger partial charge >= 0.3 is 0 Å². The number of nitrogens with one attached hydrogen (secondary N) is 1. The molecule has 2 rings (SSSR count). The molecule has 1 heterocycles. The molecule has 24 heavy (non-hydrogen) atoms. The molecule has 1 aliphatic heterocycles. The molecule has 5 nitrogen and oxygen atoms in total. The third-order valence-corrected chi connectivity index (χ3v) is 7.11. The van der Waals surface area contributed by atoms with Crippen LogP contribution in [0.4, 0.5) is 0 Å². The van der Waals surface area contributed by atoms with Gasteiger partial charge in [-0.3, -0.25) is 4.79 Å². The molecule has 1 N–H and O–H groups in total. The molecule has 1 saturated heterocycles. The summed E-state index contributed by atoms with van der Waals surface area (Å²) in [5, 5.41) is 2.94. The monoisotopic (exact) mass is 371 g/mol. The van der Waals surface area contributed by atoms with E-state index < -0.39 is 9.84 Å². The number of amides is 1. The van der Waals surface area contributed by atoms with Crippen LogP contribution in [-0.4, -0.2) is 50.0 Å². The fourth-order valence-electron chi connectivity index (χ4n) is 2.42. The predicted octanol–water partition coefficient (Wildman–Crippen LogP) is 2.19. The van der Waals surface area contributed by atoms with Crippen LogP contribution in [0.1, 0.15) is 24.8 Å². The zero-order valence-corrected chi connectivity index (χ0v) is 15.6. The molecule has 0 aliphatic carbocycles. The van der Waals surface area contributed by atoms with Crippen molar-refractivity contribution in [2.24, 2.45) is 0 Å². The van der Waals surface area contributed by atoms with Crippen molar-refractivity contribution in [1.29, 1.82) is 0 Å². The second-order valence-electron chi connectivity index (χ2n) is 6.05. The highest BCUT2D eigenvalue weighted by Crippen LogP contribution is 2.23. The topological polar surface area (TPSA) is 72.5 Å². The fourth-order valence-corrected chi connectivity index (χ4v) is 5.89. The summed E-state index contributed by atoms with van der Waals surface area (Å²) in [4.78, 5) is 11.7. The Labute approximate surface area is 148 Å². The highest BCUT2D eigenvalue weighted by molar-refractivity contribution is 8.02. The van der Waals surface area contributed by atoms with Crippen molar-refractivity contribution in [2.45, 2.75) is 31.4 Å². The molecule has 1 aromatic rings. The smallest absolute Gasteiger partial charge is 0.230 e. The number of ether oxygens (including phenoxy) is 1.